The highest BCUT2D eigenvalue weighted by Gasteiger charge is 2.37. The summed E-state index contributed by atoms with van der Waals surface area (Å²) in [5.74, 6) is 0.208. The van der Waals surface area contributed by atoms with Crippen LogP contribution in [0.5, 0.6) is 0 Å². The van der Waals surface area contributed by atoms with Gasteiger partial charge in [0.05, 0.1) is 6.04 Å². The van der Waals surface area contributed by atoms with E-state index in [-0.39, 0.29) is 18.1 Å². The zero-order valence-electron chi connectivity index (χ0n) is 10.8. The number of hydrogen-bond acceptors (Lipinski definition) is 2. The van der Waals surface area contributed by atoms with Crippen LogP contribution in [0.1, 0.15) is 38.4 Å². The molecule has 0 saturated carbocycles. The fourth-order valence-electron chi connectivity index (χ4n) is 2.43. The zero-order valence-corrected chi connectivity index (χ0v) is 11.6. The van der Waals surface area contributed by atoms with Gasteiger partial charge in [0.15, 0.2) is 0 Å². The Kier molecular flexibility index (Phi) is 4.25. The molecule has 18 heavy (non-hydrogen) atoms. The minimum Gasteiger partial charge on any atom is -0.322 e. The molecular formula is C14H19ClN2O. The van der Waals surface area contributed by atoms with Gasteiger partial charge >= 0.3 is 0 Å². The van der Waals surface area contributed by atoms with E-state index in [2.05, 4.69) is 12.2 Å². The molecule has 0 bridgehead atoms. The van der Waals surface area contributed by atoms with Gasteiger partial charge in [-0.2, -0.15) is 0 Å². The second-order valence-corrected chi connectivity index (χ2v) is 5.02. The van der Waals surface area contributed by atoms with Gasteiger partial charge < -0.3 is 4.90 Å². The summed E-state index contributed by atoms with van der Waals surface area (Å²) in [6.45, 7) is 4.83. The summed E-state index contributed by atoms with van der Waals surface area (Å²) in [6, 6.07) is 7.64. The number of likely N-dealkylation sites (N-methyl/N-ethyl adjacent to an activating group) is 1. The smallest absolute Gasteiger partial charge is 0.241 e. The number of benzene rings is 1. The van der Waals surface area contributed by atoms with E-state index in [1.54, 1.807) is 0 Å². The standard InChI is InChI=1S/C14H19ClN2O/c1-3-5-12-14(18)17(4-2)13(16-12)10-6-8-11(15)9-7-10/h6-9,12-13,16H,3-5H2,1-2H3. The van der Waals surface area contributed by atoms with E-state index < -0.39 is 0 Å². The van der Waals surface area contributed by atoms with Gasteiger partial charge in [0.2, 0.25) is 5.91 Å². The monoisotopic (exact) mass is 266 g/mol. The van der Waals surface area contributed by atoms with Crippen molar-refractivity contribution in [2.24, 2.45) is 0 Å². The molecule has 0 aromatic heterocycles. The highest BCUT2D eigenvalue weighted by molar-refractivity contribution is 6.30. The quantitative estimate of drug-likeness (QED) is 0.909. The number of amides is 1. The number of hydrogen-bond donors (Lipinski definition) is 1. The van der Waals surface area contributed by atoms with Gasteiger partial charge in [0.25, 0.3) is 0 Å². The SMILES string of the molecule is CCCC1NC(c2ccc(Cl)cc2)N(CC)C1=O. The highest BCUT2D eigenvalue weighted by Crippen LogP contribution is 2.27. The maximum atomic E-state index is 12.2. The molecule has 1 aliphatic rings. The first-order valence-electron chi connectivity index (χ1n) is 6.49. The molecule has 3 nitrogen and oxygen atoms in total. The van der Waals surface area contributed by atoms with Gasteiger partial charge in [-0.1, -0.05) is 37.1 Å². The van der Waals surface area contributed by atoms with Crippen LogP contribution in [-0.2, 0) is 4.79 Å². The lowest BCUT2D eigenvalue weighted by Gasteiger charge is -2.22. The van der Waals surface area contributed by atoms with Crippen LogP contribution < -0.4 is 5.32 Å². The van der Waals surface area contributed by atoms with Crippen molar-refractivity contribution < 1.29 is 4.79 Å². The lowest BCUT2D eigenvalue weighted by molar-refractivity contribution is -0.130. The Morgan fingerprint density at radius 2 is 1.94 bits per heavy atom. The average molecular weight is 267 g/mol. The topological polar surface area (TPSA) is 32.3 Å². The van der Waals surface area contributed by atoms with E-state index in [9.17, 15) is 4.79 Å². The van der Waals surface area contributed by atoms with Crippen LogP contribution in [0.4, 0.5) is 0 Å². The van der Waals surface area contributed by atoms with Crippen LogP contribution in [-0.4, -0.2) is 23.4 Å². The Hall–Kier alpha value is -1.06. The number of nitrogens with one attached hydrogen (secondary N) is 1. The molecule has 2 rings (SSSR count). The molecule has 2 unspecified atom stereocenters. The molecule has 4 heteroatoms. The predicted octanol–water partition coefficient (Wildman–Crippen LogP) is 2.96. The Bertz CT molecular complexity index is 418. The van der Waals surface area contributed by atoms with Gasteiger partial charge in [0, 0.05) is 11.6 Å². The Balaban J connectivity index is 2.21. The van der Waals surface area contributed by atoms with Crippen LogP contribution in [0.25, 0.3) is 0 Å². The first-order valence-corrected chi connectivity index (χ1v) is 6.87. The van der Waals surface area contributed by atoms with Gasteiger partial charge in [-0.25, -0.2) is 0 Å². The molecule has 1 saturated heterocycles. The van der Waals surface area contributed by atoms with Crippen LogP contribution in [0.3, 0.4) is 0 Å². The number of halogens is 1. The second kappa shape index (κ2) is 5.72. The maximum absolute atomic E-state index is 12.2. The van der Waals surface area contributed by atoms with Crippen LogP contribution >= 0.6 is 11.6 Å². The summed E-state index contributed by atoms with van der Waals surface area (Å²) in [5, 5.41) is 4.13. The molecule has 1 N–H and O–H groups in total. The van der Waals surface area contributed by atoms with Gasteiger partial charge in [-0.3, -0.25) is 10.1 Å². The first kappa shape index (κ1) is 13.4. The van der Waals surface area contributed by atoms with Crippen LogP contribution in [0, 0.1) is 0 Å². The Labute approximate surface area is 113 Å². The van der Waals surface area contributed by atoms with Crippen LogP contribution in [0.2, 0.25) is 5.02 Å². The van der Waals surface area contributed by atoms with E-state index in [0.29, 0.717) is 0 Å². The summed E-state index contributed by atoms with van der Waals surface area (Å²) in [6.07, 6.45) is 1.88. The van der Waals surface area contributed by atoms with Crippen LogP contribution in [0.15, 0.2) is 24.3 Å². The van der Waals surface area contributed by atoms with Crippen molar-refractivity contribution in [1.82, 2.24) is 10.2 Å². The second-order valence-electron chi connectivity index (χ2n) is 4.59. The number of nitrogens with zero attached hydrogens (tertiary/aromatic N) is 1. The largest absolute Gasteiger partial charge is 0.322 e. The van der Waals surface area contributed by atoms with Crippen molar-refractivity contribution in [3.63, 3.8) is 0 Å². The van der Waals surface area contributed by atoms with Crippen molar-refractivity contribution in [3.8, 4) is 0 Å². The lowest BCUT2D eigenvalue weighted by atomic mass is 10.1. The fraction of sp³-hybridized carbons (Fsp3) is 0.500. The molecule has 1 aliphatic heterocycles. The number of carbonyl (C=O) groups is 1. The highest BCUT2D eigenvalue weighted by atomic mass is 35.5. The minimum atomic E-state index is -0.0457. The molecule has 1 heterocycles. The molecule has 1 fully saturated rings. The van der Waals surface area contributed by atoms with Gasteiger partial charge in [-0.15, -0.1) is 0 Å². The zero-order chi connectivity index (χ0) is 13.1. The van der Waals surface area contributed by atoms with E-state index in [4.69, 9.17) is 11.6 Å². The van der Waals surface area contributed by atoms with Crippen molar-refractivity contribution in [2.45, 2.75) is 38.9 Å². The predicted molar refractivity (Wildman–Crippen MR) is 73.4 cm³/mol. The van der Waals surface area contributed by atoms with Gasteiger partial charge in [-0.05, 0) is 31.0 Å². The molecule has 2 atom stereocenters. The third kappa shape index (κ3) is 2.52. The summed E-state index contributed by atoms with van der Waals surface area (Å²) < 4.78 is 0. The van der Waals surface area contributed by atoms with Gasteiger partial charge in [0.1, 0.15) is 6.17 Å². The lowest BCUT2D eigenvalue weighted by Crippen LogP contribution is -2.30. The van der Waals surface area contributed by atoms with Crippen molar-refractivity contribution in [3.05, 3.63) is 34.9 Å². The summed E-state index contributed by atoms with van der Waals surface area (Å²) in [5.41, 5.74) is 1.09. The molecule has 0 aliphatic carbocycles. The number of rotatable bonds is 4. The Morgan fingerprint density at radius 3 is 2.50 bits per heavy atom. The summed E-state index contributed by atoms with van der Waals surface area (Å²) in [4.78, 5) is 14.1. The molecular weight excluding hydrogens is 248 g/mol. The van der Waals surface area contributed by atoms with E-state index in [0.717, 1.165) is 30.0 Å². The van der Waals surface area contributed by atoms with Crippen molar-refractivity contribution in [1.29, 1.82) is 0 Å². The third-order valence-electron chi connectivity index (χ3n) is 3.36. The fourth-order valence-corrected chi connectivity index (χ4v) is 2.56. The average Bonchev–Trinajstić information content (AvgIpc) is 2.68. The first-order chi connectivity index (χ1) is 8.67. The minimum absolute atomic E-state index is 0.0173. The number of carbonyl (C=O) groups excluding carboxylic acids is 1. The molecule has 1 aromatic rings. The molecule has 0 spiro atoms. The molecule has 98 valence electrons. The normalized spacial score (nSPS) is 23.7. The molecule has 1 aromatic carbocycles. The van der Waals surface area contributed by atoms with Crippen molar-refractivity contribution >= 4 is 17.5 Å². The van der Waals surface area contributed by atoms with Crippen molar-refractivity contribution in [2.75, 3.05) is 6.54 Å². The maximum Gasteiger partial charge on any atom is 0.241 e. The Morgan fingerprint density at radius 1 is 1.28 bits per heavy atom. The molecule has 0 radical (unpaired) electrons. The van der Waals surface area contributed by atoms with E-state index >= 15 is 0 Å². The molecule has 1 amide bonds. The summed E-state index contributed by atoms with van der Waals surface area (Å²) in [7, 11) is 0. The summed E-state index contributed by atoms with van der Waals surface area (Å²) >= 11 is 5.89. The third-order valence-corrected chi connectivity index (χ3v) is 3.61. The van der Waals surface area contributed by atoms with E-state index in [1.807, 2.05) is 36.1 Å². The van der Waals surface area contributed by atoms with E-state index in [1.165, 1.54) is 0 Å².